The Morgan fingerprint density at radius 1 is 0.308 bits per heavy atom. The first-order valence-corrected chi connectivity index (χ1v) is 24.5. The van der Waals surface area contributed by atoms with Crippen molar-refractivity contribution < 1.29 is 110 Å². The van der Waals surface area contributed by atoms with Gasteiger partial charge in [-0.05, 0) is 22.3 Å². The summed E-state index contributed by atoms with van der Waals surface area (Å²) in [5.74, 6) is 0. The van der Waals surface area contributed by atoms with Gasteiger partial charge in [0.2, 0.25) is 0 Å². The minimum atomic E-state index is 0. The van der Waals surface area contributed by atoms with E-state index < -0.39 is 0 Å². The van der Waals surface area contributed by atoms with Gasteiger partial charge >= 0.3 is 76.3 Å². The predicted octanol–water partition coefficient (Wildman–Crippen LogP) is 11.0. The molecule has 8 aromatic rings. The third kappa shape index (κ3) is 37.2. The minimum Gasteiger partial charge on any atom is -0.581 e. The molecule has 1 N–H and O–H groups in total. The summed E-state index contributed by atoms with van der Waals surface area (Å²) in [5.41, 5.74) is 9.84. The fraction of sp³-hybridized carbons (Fsp3) is 0.571. The van der Waals surface area contributed by atoms with Crippen LogP contribution < -0.4 is 35.7 Å². The monoisotopic (exact) mass is 1630 g/mol. The van der Waals surface area contributed by atoms with E-state index in [1.165, 1.54) is 5.69 Å². The molecule has 0 fully saturated rings. The second kappa shape index (κ2) is 38.8. The summed E-state index contributed by atoms with van der Waals surface area (Å²) in [4.78, 5) is 0. The van der Waals surface area contributed by atoms with E-state index in [0.29, 0.717) is 0 Å². The average Bonchev–Trinajstić information content (AvgIpc) is 4.13. The van der Waals surface area contributed by atoms with Gasteiger partial charge in [0, 0.05) is 114 Å². The molecule has 0 aliphatic heterocycles. The van der Waals surface area contributed by atoms with E-state index in [0.717, 1.165) is 39.9 Å². The standard InChI is InChI=1S/C7H12N2.7C7H11N2.4Cu.2Pt/c8*1-7(2,3)6-4-5-8-9-6;;;;;;/h4-5H,1-3H3,(H,8,9);7*4-5H,1-3H3;;;;;;/q;7*-1;;;4*+2. The van der Waals surface area contributed by atoms with Gasteiger partial charge in [-0.1, -0.05) is 209 Å². The van der Waals surface area contributed by atoms with Gasteiger partial charge in [0.25, 0.3) is 0 Å². The summed E-state index contributed by atoms with van der Waals surface area (Å²) in [6.07, 6.45) is 13.8. The van der Waals surface area contributed by atoms with Crippen molar-refractivity contribution in [2.75, 3.05) is 0 Å². The smallest absolute Gasteiger partial charge is 0.581 e. The number of hydrogen-bond donors (Lipinski definition) is 1. The number of nitrogens with one attached hydrogen (secondary N) is 1. The topological polar surface area (TPSA) is 218 Å². The van der Waals surface area contributed by atoms with E-state index in [1.807, 2.05) is 48.5 Å². The van der Waals surface area contributed by atoms with Crippen LogP contribution in [0.1, 0.15) is 212 Å². The van der Waals surface area contributed by atoms with Gasteiger partial charge in [0.1, 0.15) is 0 Å². The molecule has 4 radical (unpaired) electrons. The maximum absolute atomic E-state index is 3.94. The van der Waals surface area contributed by atoms with Crippen molar-refractivity contribution in [3.8, 4) is 0 Å². The number of aromatic amines is 1. The van der Waals surface area contributed by atoms with E-state index in [9.17, 15) is 0 Å². The SMILES string of the molecule is CC(C)(C)c1cc[n-]n1.CC(C)(C)c1cc[n-]n1.CC(C)(C)c1cc[n-]n1.CC(C)(C)c1cc[n-]n1.CC(C)(C)c1ccn[n-]1.CC(C)(C)c1ccn[n-]1.CC(C)(C)c1ccn[n-]1.CC(C)(C)c1ccn[nH]1.[Cu+2].[Cu+2].[Cu].[Cu].[Pt+2].[Pt+2]. The Bertz CT molecular complexity index is 1920. The van der Waals surface area contributed by atoms with Crippen molar-refractivity contribution in [2.24, 2.45) is 0 Å². The van der Waals surface area contributed by atoms with Crippen molar-refractivity contribution >= 4 is 0 Å². The van der Waals surface area contributed by atoms with E-state index in [1.54, 1.807) is 49.6 Å². The molecule has 0 amide bonds. The van der Waals surface area contributed by atoms with Crippen LogP contribution in [-0.2, 0) is 154 Å². The predicted molar refractivity (Wildman–Crippen MR) is 291 cm³/mol. The molecule has 0 unspecified atom stereocenters. The number of rotatable bonds is 0. The Kier molecular flexibility index (Phi) is 42.9. The Hall–Kier alpha value is -2.87. The fourth-order valence-corrected chi connectivity index (χ4v) is 5.10. The molecular weight excluding hydrogens is 1540 g/mol. The summed E-state index contributed by atoms with van der Waals surface area (Å²) in [7, 11) is 0. The third-order valence-corrected chi connectivity index (χ3v) is 9.94. The van der Waals surface area contributed by atoms with Crippen LogP contribution in [0.5, 0.6) is 0 Å². The summed E-state index contributed by atoms with van der Waals surface area (Å²) >= 11 is 0. The average molecular weight is 1630 g/mol. The van der Waals surface area contributed by atoms with Gasteiger partial charge in [-0.3, -0.25) is 5.10 Å². The molecule has 8 aromatic heterocycles. The molecule has 22 heteroatoms. The molecule has 0 saturated carbocycles. The maximum atomic E-state index is 3.94. The van der Waals surface area contributed by atoms with Crippen LogP contribution in [0.25, 0.3) is 0 Å². The molecule has 0 aromatic carbocycles. The van der Waals surface area contributed by atoms with Gasteiger partial charge < -0.3 is 71.4 Å². The van der Waals surface area contributed by atoms with Crippen LogP contribution in [0.3, 0.4) is 0 Å². The van der Waals surface area contributed by atoms with Crippen LogP contribution in [0.4, 0.5) is 0 Å². The summed E-state index contributed by atoms with van der Waals surface area (Å²) in [6.45, 7) is 51.0. The number of H-pyrrole nitrogens is 1. The molecule has 8 heterocycles. The fourth-order valence-electron chi connectivity index (χ4n) is 5.10. The van der Waals surface area contributed by atoms with E-state index >= 15 is 0 Å². The molecular formula is C56H89Cu4N16Pt2+. The van der Waals surface area contributed by atoms with Crippen LogP contribution in [0.15, 0.2) is 98.1 Å². The first-order valence-electron chi connectivity index (χ1n) is 24.5. The molecule has 0 spiro atoms. The molecule has 0 bridgehead atoms. The van der Waals surface area contributed by atoms with Crippen LogP contribution in [0, 0.1) is 0 Å². The molecule has 0 aliphatic carbocycles. The summed E-state index contributed by atoms with van der Waals surface area (Å²) < 4.78 is 0. The zero-order chi connectivity index (χ0) is 55.2. The molecule has 8 rings (SSSR count). The van der Waals surface area contributed by atoms with E-state index in [4.69, 9.17) is 0 Å². The van der Waals surface area contributed by atoms with E-state index in [-0.39, 0.29) is 154 Å². The van der Waals surface area contributed by atoms with Gasteiger partial charge in [-0.15, -0.1) is 17.1 Å². The first-order chi connectivity index (χ1) is 32.8. The van der Waals surface area contributed by atoms with Gasteiger partial charge in [-0.2, -0.15) is 29.9 Å². The number of hydrogen-bond acceptors (Lipinski definition) is 8. The molecule has 16 nitrogen and oxygen atoms in total. The largest absolute Gasteiger partial charge is 2.00 e. The second-order valence-electron chi connectivity index (χ2n) is 25.4. The molecule has 0 saturated heterocycles. The Labute approximate surface area is 540 Å². The second-order valence-corrected chi connectivity index (χ2v) is 25.4. The van der Waals surface area contributed by atoms with Gasteiger partial charge in [0.15, 0.2) is 0 Å². The van der Waals surface area contributed by atoms with Crippen LogP contribution in [0.2, 0.25) is 0 Å². The summed E-state index contributed by atoms with van der Waals surface area (Å²) in [6, 6.07) is 15.6. The van der Waals surface area contributed by atoms with Crippen molar-refractivity contribution in [3.63, 3.8) is 0 Å². The normalized spacial score (nSPS) is 11.0. The summed E-state index contributed by atoms with van der Waals surface area (Å²) in [5, 5.41) is 60.5. The van der Waals surface area contributed by atoms with Crippen LogP contribution in [-0.4, -0.2) is 45.9 Å². The van der Waals surface area contributed by atoms with Gasteiger partial charge in [0.05, 0.1) is 0 Å². The number of aromatic nitrogens is 16. The molecule has 456 valence electrons. The van der Waals surface area contributed by atoms with Crippen molar-refractivity contribution in [1.82, 2.24) is 81.6 Å². The Morgan fingerprint density at radius 2 is 0.538 bits per heavy atom. The third-order valence-electron chi connectivity index (χ3n) is 9.94. The van der Waals surface area contributed by atoms with Crippen LogP contribution >= 0.6 is 0 Å². The first kappa shape index (κ1) is 86.4. The number of nitrogens with zero attached hydrogens (tertiary/aromatic N) is 15. The molecule has 78 heavy (non-hydrogen) atoms. The molecule has 0 aliphatic rings. The van der Waals surface area contributed by atoms with Gasteiger partial charge in [-0.25, -0.2) is 0 Å². The Balaban J connectivity index is -0.000000188. The van der Waals surface area contributed by atoms with Crippen molar-refractivity contribution in [2.45, 2.75) is 209 Å². The molecule has 0 atom stereocenters. The zero-order valence-corrected chi connectivity index (χ0v) is 58.6. The zero-order valence-electron chi connectivity index (χ0n) is 50.3. The Morgan fingerprint density at radius 3 is 0.615 bits per heavy atom. The van der Waals surface area contributed by atoms with Crippen molar-refractivity contribution in [3.05, 3.63) is 144 Å². The van der Waals surface area contributed by atoms with Crippen molar-refractivity contribution in [1.29, 1.82) is 0 Å². The van der Waals surface area contributed by atoms with E-state index in [2.05, 4.69) is 248 Å². The quantitative estimate of drug-likeness (QED) is 0.140. The maximum Gasteiger partial charge on any atom is 2.00 e. The minimum absolute atomic E-state index is 0.